The summed E-state index contributed by atoms with van der Waals surface area (Å²) in [6, 6.07) is 7.63. The monoisotopic (exact) mass is 200 g/mol. The van der Waals surface area contributed by atoms with Crippen molar-refractivity contribution in [1.82, 2.24) is 10.3 Å². The highest BCUT2D eigenvalue weighted by Crippen LogP contribution is 2.25. The quantitative estimate of drug-likeness (QED) is 0.678. The second-order valence-corrected chi connectivity index (χ2v) is 3.87. The molecule has 3 heteroatoms. The number of nitrogens with one attached hydrogen (secondary N) is 1. The summed E-state index contributed by atoms with van der Waals surface area (Å²) >= 11 is 0. The number of aromatic hydroxyl groups is 1. The van der Waals surface area contributed by atoms with Gasteiger partial charge in [0.25, 0.3) is 0 Å². The fraction of sp³-hybridized carbons (Fsp3) is 0.250. The predicted molar refractivity (Wildman–Crippen MR) is 58.8 cm³/mol. The zero-order chi connectivity index (χ0) is 10.3. The zero-order valence-electron chi connectivity index (χ0n) is 8.33. The Morgan fingerprint density at radius 3 is 3.20 bits per heavy atom. The molecule has 0 bridgehead atoms. The zero-order valence-corrected chi connectivity index (χ0v) is 8.33. The van der Waals surface area contributed by atoms with Crippen LogP contribution in [0.2, 0.25) is 0 Å². The largest absolute Gasteiger partial charge is 0.506 e. The van der Waals surface area contributed by atoms with Gasteiger partial charge in [0.1, 0.15) is 11.3 Å². The molecule has 76 valence electrons. The SMILES string of the molecule is Oc1cccc2cc3c(nc12)CCNC3. The van der Waals surface area contributed by atoms with Gasteiger partial charge in [-0.1, -0.05) is 12.1 Å². The van der Waals surface area contributed by atoms with Crippen molar-refractivity contribution in [3.05, 3.63) is 35.5 Å². The maximum Gasteiger partial charge on any atom is 0.141 e. The molecule has 1 aromatic carbocycles. The van der Waals surface area contributed by atoms with Crippen LogP contribution in [0.25, 0.3) is 10.9 Å². The standard InChI is InChI=1S/C12H12N2O/c15-11-3-1-2-8-6-9-7-13-5-4-10(9)14-12(8)11/h1-3,6,13,15H,4-5,7H2. The van der Waals surface area contributed by atoms with E-state index in [1.165, 1.54) is 5.56 Å². The van der Waals surface area contributed by atoms with Crippen molar-refractivity contribution in [2.24, 2.45) is 0 Å². The minimum absolute atomic E-state index is 0.272. The van der Waals surface area contributed by atoms with E-state index in [0.717, 1.165) is 36.1 Å². The maximum absolute atomic E-state index is 9.69. The average molecular weight is 200 g/mol. The summed E-state index contributed by atoms with van der Waals surface area (Å²) in [4.78, 5) is 4.53. The van der Waals surface area contributed by atoms with Crippen molar-refractivity contribution in [3.8, 4) is 5.75 Å². The molecule has 3 rings (SSSR count). The Bertz CT molecular complexity index is 522. The number of aromatic nitrogens is 1. The number of pyridine rings is 1. The summed E-state index contributed by atoms with van der Waals surface area (Å²) in [5.74, 6) is 0.272. The normalized spacial score (nSPS) is 15.2. The number of nitrogens with zero attached hydrogens (tertiary/aromatic N) is 1. The molecule has 1 aromatic heterocycles. The van der Waals surface area contributed by atoms with Gasteiger partial charge in [-0.05, 0) is 17.7 Å². The third-order valence-electron chi connectivity index (χ3n) is 2.85. The topological polar surface area (TPSA) is 45.2 Å². The molecule has 15 heavy (non-hydrogen) atoms. The number of hydrogen-bond donors (Lipinski definition) is 2. The molecule has 0 atom stereocenters. The lowest BCUT2D eigenvalue weighted by molar-refractivity contribution is 0.480. The summed E-state index contributed by atoms with van der Waals surface area (Å²) in [6.45, 7) is 1.85. The van der Waals surface area contributed by atoms with E-state index >= 15 is 0 Å². The predicted octanol–water partition coefficient (Wildman–Crippen LogP) is 1.59. The van der Waals surface area contributed by atoms with Crippen LogP contribution < -0.4 is 5.32 Å². The van der Waals surface area contributed by atoms with Gasteiger partial charge in [0.05, 0.1) is 0 Å². The lowest BCUT2D eigenvalue weighted by atomic mass is 10.0. The second-order valence-electron chi connectivity index (χ2n) is 3.87. The highest BCUT2D eigenvalue weighted by molar-refractivity contribution is 5.85. The molecule has 0 unspecified atom stereocenters. The molecule has 0 radical (unpaired) electrons. The van der Waals surface area contributed by atoms with E-state index in [9.17, 15) is 5.11 Å². The number of para-hydroxylation sites is 1. The average Bonchev–Trinajstić information content (AvgIpc) is 2.27. The number of fused-ring (bicyclic) bond motifs is 2. The molecule has 3 nitrogen and oxygen atoms in total. The molecule has 1 aliphatic rings. The van der Waals surface area contributed by atoms with Gasteiger partial charge in [-0.25, -0.2) is 4.98 Å². The molecule has 0 fully saturated rings. The Balaban J connectivity index is 2.31. The van der Waals surface area contributed by atoms with E-state index in [4.69, 9.17) is 0 Å². The molecular formula is C12H12N2O. The van der Waals surface area contributed by atoms with Crippen LogP contribution in [-0.2, 0) is 13.0 Å². The lowest BCUT2D eigenvalue weighted by Crippen LogP contribution is -2.24. The van der Waals surface area contributed by atoms with Crippen LogP contribution >= 0.6 is 0 Å². The summed E-state index contributed by atoms with van der Waals surface area (Å²) in [5.41, 5.74) is 3.08. The maximum atomic E-state index is 9.69. The van der Waals surface area contributed by atoms with Gasteiger partial charge >= 0.3 is 0 Å². The summed E-state index contributed by atoms with van der Waals surface area (Å²) < 4.78 is 0. The van der Waals surface area contributed by atoms with Gasteiger partial charge in [-0.15, -0.1) is 0 Å². The van der Waals surface area contributed by atoms with Gasteiger partial charge in [-0.2, -0.15) is 0 Å². The smallest absolute Gasteiger partial charge is 0.141 e. The number of phenols is 1. The van der Waals surface area contributed by atoms with Gasteiger partial charge < -0.3 is 10.4 Å². The molecule has 2 aromatic rings. The van der Waals surface area contributed by atoms with Crippen LogP contribution in [-0.4, -0.2) is 16.6 Å². The Hall–Kier alpha value is -1.61. The summed E-state index contributed by atoms with van der Waals surface area (Å²) in [7, 11) is 0. The van der Waals surface area contributed by atoms with Crippen LogP contribution in [0, 0.1) is 0 Å². The highest BCUT2D eigenvalue weighted by Gasteiger charge is 2.12. The Kier molecular flexibility index (Phi) is 1.86. The Morgan fingerprint density at radius 1 is 1.33 bits per heavy atom. The number of phenolic OH excluding ortho intramolecular Hbond substituents is 1. The molecule has 2 N–H and O–H groups in total. The van der Waals surface area contributed by atoms with Crippen molar-refractivity contribution >= 4 is 10.9 Å². The summed E-state index contributed by atoms with van der Waals surface area (Å²) in [5, 5.41) is 14.0. The van der Waals surface area contributed by atoms with Gasteiger partial charge in [0.2, 0.25) is 0 Å². The van der Waals surface area contributed by atoms with E-state index < -0.39 is 0 Å². The molecule has 0 saturated carbocycles. The van der Waals surface area contributed by atoms with Crippen LogP contribution in [0.3, 0.4) is 0 Å². The lowest BCUT2D eigenvalue weighted by Gasteiger charge is -2.16. The number of benzene rings is 1. The first kappa shape index (κ1) is 8.68. The first-order valence-corrected chi connectivity index (χ1v) is 5.16. The molecular weight excluding hydrogens is 188 g/mol. The van der Waals surface area contributed by atoms with Crippen molar-refractivity contribution in [3.63, 3.8) is 0 Å². The van der Waals surface area contributed by atoms with Crippen molar-refractivity contribution < 1.29 is 5.11 Å². The van der Waals surface area contributed by atoms with Crippen molar-refractivity contribution in [2.45, 2.75) is 13.0 Å². The molecule has 0 spiro atoms. The van der Waals surface area contributed by atoms with Crippen LogP contribution in [0.15, 0.2) is 24.3 Å². The number of hydrogen-bond acceptors (Lipinski definition) is 3. The first-order chi connectivity index (χ1) is 7.34. The molecule has 0 aliphatic carbocycles. The fourth-order valence-electron chi connectivity index (χ4n) is 2.06. The van der Waals surface area contributed by atoms with Crippen LogP contribution in [0.4, 0.5) is 0 Å². The van der Waals surface area contributed by atoms with Crippen molar-refractivity contribution in [2.75, 3.05) is 6.54 Å². The van der Waals surface area contributed by atoms with Gasteiger partial charge in [0, 0.05) is 30.6 Å². The van der Waals surface area contributed by atoms with Gasteiger partial charge in [0.15, 0.2) is 0 Å². The van der Waals surface area contributed by atoms with E-state index in [-0.39, 0.29) is 5.75 Å². The summed E-state index contributed by atoms with van der Waals surface area (Å²) in [6.07, 6.45) is 0.944. The fourth-order valence-corrected chi connectivity index (χ4v) is 2.06. The van der Waals surface area contributed by atoms with E-state index in [0.29, 0.717) is 0 Å². The third kappa shape index (κ3) is 1.36. The van der Waals surface area contributed by atoms with Gasteiger partial charge in [-0.3, -0.25) is 0 Å². The minimum Gasteiger partial charge on any atom is -0.506 e. The highest BCUT2D eigenvalue weighted by atomic mass is 16.3. The second kappa shape index (κ2) is 3.21. The third-order valence-corrected chi connectivity index (χ3v) is 2.85. The molecule has 0 amide bonds. The first-order valence-electron chi connectivity index (χ1n) is 5.16. The van der Waals surface area contributed by atoms with Crippen LogP contribution in [0.5, 0.6) is 5.75 Å². The number of rotatable bonds is 0. The van der Waals surface area contributed by atoms with E-state index in [1.54, 1.807) is 6.07 Å². The Labute approximate surface area is 87.8 Å². The van der Waals surface area contributed by atoms with E-state index in [2.05, 4.69) is 16.4 Å². The molecule has 1 aliphatic heterocycles. The molecule has 0 saturated heterocycles. The van der Waals surface area contributed by atoms with Crippen molar-refractivity contribution in [1.29, 1.82) is 0 Å². The Morgan fingerprint density at radius 2 is 2.27 bits per heavy atom. The van der Waals surface area contributed by atoms with Crippen LogP contribution in [0.1, 0.15) is 11.3 Å². The minimum atomic E-state index is 0.272. The van der Waals surface area contributed by atoms with E-state index in [1.807, 2.05) is 12.1 Å². The molecule has 2 heterocycles.